The third kappa shape index (κ3) is 5.32. The monoisotopic (exact) mass is 461 g/mol. The van der Waals surface area contributed by atoms with E-state index in [4.69, 9.17) is 9.47 Å². The van der Waals surface area contributed by atoms with Crippen molar-refractivity contribution >= 4 is 17.7 Å². The van der Waals surface area contributed by atoms with Crippen LogP contribution < -0.4 is 14.8 Å². The Bertz CT molecular complexity index is 1210. The first-order chi connectivity index (χ1) is 16.2. The molecule has 0 aliphatic rings. The molecule has 0 saturated carbocycles. The Kier molecular flexibility index (Phi) is 7.21. The van der Waals surface area contributed by atoms with Crippen LogP contribution in [-0.2, 0) is 11.3 Å². The molecule has 8 nitrogen and oxygen atoms in total. The highest BCUT2D eigenvalue weighted by atomic mass is 32.2. The van der Waals surface area contributed by atoms with Gasteiger partial charge in [0.05, 0.1) is 43.5 Å². The first kappa shape index (κ1) is 22.3. The number of thioether (sulfide) groups is 1. The molecule has 0 fully saturated rings. The second-order valence-corrected chi connectivity index (χ2v) is 7.87. The molecule has 168 valence electrons. The second-order valence-electron chi connectivity index (χ2n) is 6.93. The summed E-state index contributed by atoms with van der Waals surface area (Å²) < 4.78 is 12.7. The van der Waals surface area contributed by atoms with Crippen LogP contribution in [0.3, 0.4) is 0 Å². The van der Waals surface area contributed by atoms with Gasteiger partial charge in [0, 0.05) is 6.20 Å². The molecule has 2 aromatic heterocycles. The predicted octanol–water partition coefficient (Wildman–Crippen LogP) is 3.76. The van der Waals surface area contributed by atoms with Gasteiger partial charge in [-0.3, -0.25) is 14.3 Å². The summed E-state index contributed by atoms with van der Waals surface area (Å²) in [5.74, 6) is 2.12. The highest BCUT2D eigenvalue weighted by Crippen LogP contribution is 2.33. The van der Waals surface area contributed by atoms with E-state index in [0.29, 0.717) is 23.3 Å². The lowest BCUT2D eigenvalue weighted by Crippen LogP contribution is -2.25. The smallest absolute Gasteiger partial charge is 0.230 e. The number of benzene rings is 2. The van der Waals surface area contributed by atoms with Crippen molar-refractivity contribution in [3.05, 3.63) is 78.6 Å². The van der Waals surface area contributed by atoms with Crippen LogP contribution in [0.15, 0.2) is 78.1 Å². The van der Waals surface area contributed by atoms with Crippen LogP contribution in [0.25, 0.3) is 17.1 Å². The van der Waals surface area contributed by atoms with Gasteiger partial charge < -0.3 is 14.8 Å². The van der Waals surface area contributed by atoms with Crippen LogP contribution >= 0.6 is 11.8 Å². The maximum atomic E-state index is 12.4. The summed E-state index contributed by atoms with van der Waals surface area (Å²) in [5.41, 5.74) is 2.45. The quantitative estimate of drug-likeness (QED) is 0.380. The third-order valence-electron chi connectivity index (χ3n) is 4.84. The van der Waals surface area contributed by atoms with E-state index in [-0.39, 0.29) is 11.7 Å². The van der Waals surface area contributed by atoms with Crippen molar-refractivity contribution in [2.75, 3.05) is 20.0 Å². The first-order valence-electron chi connectivity index (χ1n) is 10.2. The summed E-state index contributed by atoms with van der Waals surface area (Å²) >= 11 is 1.31. The fourth-order valence-corrected chi connectivity index (χ4v) is 3.99. The van der Waals surface area contributed by atoms with E-state index in [1.54, 1.807) is 20.4 Å². The lowest BCUT2D eigenvalue weighted by atomic mass is 10.2. The Balaban J connectivity index is 1.59. The molecule has 2 aromatic carbocycles. The van der Waals surface area contributed by atoms with Crippen molar-refractivity contribution in [1.29, 1.82) is 0 Å². The molecule has 4 aromatic rings. The van der Waals surface area contributed by atoms with Gasteiger partial charge in [-0.05, 0) is 48.5 Å². The maximum absolute atomic E-state index is 12.4. The molecule has 1 amide bonds. The summed E-state index contributed by atoms with van der Waals surface area (Å²) in [6.07, 6.45) is 1.70. The number of amides is 1. The van der Waals surface area contributed by atoms with Crippen molar-refractivity contribution in [2.45, 2.75) is 11.7 Å². The number of nitrogens with one attached hydrogen (secondary N) is 1. The van der Waals surface area contributed by atoms with Gasteiger partial charge in [0.2, 0.25) is 5.91 Å². The van der Waals surface area contributed by atoms with Crippen LogP contribution in [0, 0.1) is 0 Å². The molecule has 33 heavy (non-hydrogen) atoms. The highest BCUT2D eigenvalue weighted by Gasteiger charge is 2.20. The lowest BCUT2D eigenvalue weighted by molar-refractivity contribution is -0.118. The van der Waals surface area contributed by atoms with Crippen molar-refractivity contribution in [3.63, 3.8) is 0 Å². The molecular formula is C24H23N5O3S. The molecule has 0 saturated heterocycles. The number of hydrogen-bond acceptors (Lipinski definition) is 7. The number of carbonyl (C=O) groups excluding carboxylic acids is 1. The van der Waals surface area contributed by atoms with Gasteiger partial charge in [0.1, 0.15) is 11.5 Å². The zero-order chi connectivity index (χ0) is 23.0. The van der Waals surface area contributed by atoms with Gasteiger partial charge in [0.25, 0.3) is 0 Å². The van der Waals surface area contributed by atoms with E-state index in [1.807, 2.05) is 71.3 Å². The number of para-hydroxylation sites is 1. The van der Waals surface area contributed by atoms with E-state index >= 15 is 0 Å². The Morgan fingerprint density at radius 2 is 1.76 bits per heavy atom. The largest absolute Gasteiger partial charge is 0.497 e. The van der Waals surface area contributed by atoms with Gasteiger partial charge in [0.15, 0.2) is 11.0 Å². The molecule has 9 heteroatoms. The van der Waals surface area contributed by atoms with Crippen LogP contribution in [0.1, 0.15) is 5.69 Å². The van der Waals surface area contributed by atoms with E-state index in [1.165, 1.54) is 11.8 Å². The Morgan fingerprint density at radius 1 is 0.970 bits per heavy atom. The van der Waals surface area contributed by atoms with Gasteiger partial charge in [-0.2, -0.15) is 0 Å². The zero-order valence-corrected chi connectivity index (χ0v) is 19.1. The normalized spacial score (nSPS) is 10.6. The first-order valence-corrected chi connectivity index (χ1v) is 11.2. The Hall–Kier alpha value is -3.85. The van der Waals surface area contributed by atoms with Gasteiger partial charge >= 0.3 is 0 Å². The topological polar surface area (TPSA) is 91.2 Å². The fraction of sp³-hybridized carbons (Fsp3) is 0.167. The highest BCUT2D eigenvalue weighted by molar-refractivity contribution is 7.99. The van der Waals surface area contributed by atoms with E-state index < -0.39 is 0 Å². The summed E-state index contributed by atoms with van der Waals surface area (Å²) in [6, 6.07) is 20.8. The minimum atomic E-state index is -0.117. The number of hydrogen-bond donors (Lipinski definition) is 1. The van der Waals surface area contributed by atoms with Crippen molar-refractivity contribution in [3.8, 4) is 28.6 Å². The maximum Gasteiger partial charge on any atom is 0.230 e. The summed E-state index contributed by atoms with van der Waals surface area (Å²) in [7, 11) is 3.24. The molecule has 0 aliphatic heterocycles. The van der Waals surface area contributed by atoms with E-state index in [9.17, 15) is 4.79 Å². The van der Waals surface area contributed by atoms with E-state index in [2.05, 4.69) is 20.5 Å². The number of rotatable bonds is 9. The molecule has 2 heterocycles. The summed E-state index contributed by atoms with van der Waals surface area (Å²) in [5, 5.41) is 12.3. The lowest BCUT2D eigenvalue weighted by Gasteiger charge is -2.13. The molecule has 0 aliphatic carbocycles. The molecule has 0 bridgehead atoms. The number of aromatic nitrogens is 4. The molecule has 0 radical (unpaired) electrons. The number of carbonyl (C=O) groups is 1. The van der Waals surface area contributed by atoms with E-state index in [0.717, 1.165) is 22.7 Å². The fourth-order valence-electron chi connectivity index (χ4n) is 3.20. The number of methoxy groups -OCH3 is 2. The molecule has 4 rings (SSSR count). The second kappa shape index (κ2) is 10.6. The van der Waals surface area contributed by atoms with Crippen molar-refractivity contribution in [2.24, 2.45) is 0 Å². The number of ether oxygens (including phenoxy) is 2. The Morgan fingerprint density at radius 3 is 2.48 bits per heavy atom. The minimum absolute atomic E-state index is 0.117. The standard InChI is InChI=1S/C24H23N5O3S/c1-31-19-12-10-18(11-13-19)29-23(20-8-3-4-9-21(20)32-2)27-28-24(29)33-16-22(30)26-15-17-7-5-6-14-25-17/h3-14H,15-16H2,1-2H3,(H,26,30). The molecule has 0 spiro atoms. The average Bonchev–Trinajstić information content (AvgIpc) is 3.30. The van der Waals surface area contributed by atoms with Gasteiger partial charge in [-0.1, -0.05) is 30.0 Å². The van der Waals surface area contributed by atoms with Crippen LogP contribution in [0.5, 0.6) is 11.5 Å². The number of pyridine rings is 1. The Labute approximate surface area is 196 Å². The third-order valence-corrected chi connectivity index (χ3v) is 5.77. The average molecular weight is 462 g/mol. The van der Waals surface area contributed by atoms with Crippen molar-refractivity contribution < 1.29 is 14.3 Å². The van der Waals surface area contributed by atoms with Crippen LogP contribution in [-0.4, -0.2) is 45.6 Å². The number of nitrogens with zero attached hydrogens (tertiary/aromatic N) is 4. The SMILES string of the molecule is COc1ccc(-n2c(SCC(=O)NCc3ccccn3)nnc2-c2ccccc2OC)cc1. The van der Waals surface area contributed by atoms with Crippen LogP contribution in [0.4, 0.5) is 0 Å². The van der Waals surface area contributed by atoms with Gasteiger partial charge in [-0.15, -0.1) is 10.2 Å². The molecule has 0 atom stereocenters. The summed E-state index contributed by atoms with van der Waals surface area (Å²) in [6.45, 7) is 0.373. The molecular weight excluding hydrogens is 438 g/mol. The predicted molar refractivity (Wildman–Crippen MR) is 127 cm³/mol. The summed E-state index contributed by atoms with van der Waals surface area (Å²) in [4.78, 5) is 16.7. The van der Waals surface area contributed by atoms with Crippen LogP contribution in [0.2, 0.25) is 0 Å². The van der Waals surface area contributed by atoms with Gasteiger partial charge in [-0.25, -0.2) is 0 Å². The molecule has 1 N–H and O–H groups in total. The zero-order valence-electron chi connectivity index (χ0n) is 18.3. The minimum Gasteiger partial charge on any atom is -0.497 e. The molecule has 0 unspecified atom stereocenters. The van der Waals surface area contributed by atoms with Crippen molar-refractivity contribution in [1.82, 2.24) is 25.1 Å².